The number of nitrogens with zero attached hydrogens (tertiary/aromatic N) is 5. The Morgan fingerprint density at radius 2 is 1.16 bits per heavy atom. The van der Waals surface area contributed by atoms with Crippen molar-refractivity contribution in [3.63, 3.8) is 0 Å². The minimum absolute atomic E-state index is 0.0220. The van der Waals surface area contributed by atoms with E-state index in [1.54, 1.807) is 20.8 Å². The highest BCUT2D eigenvalue weighted by Crippen LogP contribution is 2.33. The lowest BCUT2D eigenvalue weighted by molar-refractivity contribution is -0.127. The lowest BCUT2D eigenvalue weighted by Gasteiger charge is -2.22. The first-order chi connectivity index (χ1) is 38.4. The largest absolute Gasteiger partial charge is 0.443 e. The highest BCUT2D eigenvalue weighted by atomic mass is 32.1. The van der Waals surface area contributed by atoms with Crippen molar-refractivity contribution in [2.24, 2.45) is 17.4 Å². The van der Waals surface area contributed by atoms with Crippen molar-refractivity contribution in [3.05, 3.63) is 138 Å². The second-order valence-electron chi connectivity index (χ2n) is 17.6. The molecule has 0 spiro atoms. The van der Waals surface area contributed by atoms with Crippen LogP contribution in [0.1, 0.15) is 110 Å². The topological polar surface area (TPSA) is 460 Å². The maximum atomic E-state index is 13.4. The highest BCUT2D eigenvalue weighted by molar-refractivity contribution is 7.13. The molecule has 428 valence electrons. The molecular formula is C51H53N15O15S. The molecule has 0 aliphatic carbocycles. The summed E-state index contributed by atoms with van der Waals surface area (Å²) >= 11 is 0.914. The second-order valence-corrected chi connectivity index (χ2v) is 18.4. The smallest absolute Gasteiger partial charge is 0.278 e. The van der Waals surface area contributed by atoms with Crippen molar-refractivity contribution in [1.82, 2.24) is 67.5 Å². The molecule has 3 atom stereocenters. The van der Waals surface area contributed by atoms with E-state index in [-0.39, 0.29) is 91.7 Å². The molecule has 0 bridgehead atoms. The molecular weight excluding hydrogens is 1090 g/mol. The zero-order chi connectivity index (χ0) is 61.2. The van der Waals surface area contributed by atoms with E-state index in [1.165, 1.54) is 38.3 Å². The van der Waals surface area contributed by atoms with Crippen LogP contribution in [0.2, 0.25) is 0 Å². The number of aliphatic hydroxyl groups is 1. The van der Waals surface area contributed by atoms with E-state index in [2.05, 4.69) is 107 Å². The summed E-state index contributed by atoms with van der Waals surface area (Å²) in [5, 5.41) is 29.8. The fourth-order valence-electron chi connectivity index (χ4n) is 6.58. The summed E-state index contributed by atoms with van der Waals surface area (Å²) in [5.74, 6) is -11.7. The van der Waals surface area contributed by atoms with Crippen LogP contribution in [0.15, 0.2) is 99.3 Å². The van der Waals surface area contributed by atoms with Gasteiger partial charge in [0, 0.05) is 17.4 Å². The number of Topliss-reactive ketones (excluding diaryl/α,β-unsaturated/α-hetero) is 1. The van der Waals surface area contributed by atoms with Crippen LogP contribution in [0.25, 0.3) is 33.4 Å². The second kappa shape index (κ2) is 26.2. The zero-order valence-electron chi connectivity index (χ0n) is 44.5. The number of aliphatic hydroxyl groups excluding tert-OH is 1. The van der Waals surface area contributed by atoms with Crippen molar-refractivity contribution < 1.29 is 71.1 Å². The molecule has 0 aliphatic heterocycles. The Bertz CT molecular complexity index is 3580. The number of nitrogens with one attached hydrogen (secondary N) is 8. The average molecular weight is 1150 g/mol. The highest BCUT2D eigenvalue weighted by Gasteiger charge is 2.31. The van der Waals surface area contributed by atoms with Crippen LogP contribution in [0.5, 0.6) is 0 Å². The summed E-state index contributed by atoms with van der Waals surface area (Å²) in [6.45, 7) is 30.2. The van der Waals surface area contributed by atoms with Gasteiger partial charge in [-0.1, -0.05) is 60.2 Å². The van der Waals surface area contributed by atoms with Gasteiger partial charge in [0.15, 0.2) is 11.4 Å². The predicted molar refractivity (Wildman–Crippen MR) is 287 cm³/mol. The number of ketones is 1. The Morgan fingerprint density at radius 3 is 1.72 bits per heavy atom. The van der Waals surface area contributed by atoms with Gasteiger partial charge in [0.05, 0.1) is 40.3 Å². The van der Waals surface area contributed by atoms with Gasteiger partial charge in [0.25, 0.3) is 53.1 Å². The van der Waals surface area contributed by atoms with Gasteiger partial charge in [-0.05, 0) is 38.8 Å². The third-order valence-electron chi connectivity index (χ3n) is 11.0. The number of thiazole rings is 1. The molecule has 0 saturated heterocycles. The fourth-order valence-corrected chi connectivity index (χ4v) is 7.41. The molecule has 5 aromatic rings. The minimum atomic E-state index is -1.46. The lowest BCUT2D eigenvalue weighted by Crippen LogP contribution is -2.50. The van der Waals surface area contributed by atoms with E-state index in [1.807, 2.05) is 0 Å². The van der Waals surface area contributed by atoms with E-state index < -0.39 is 112 Å². The van der Waals surface area contributed by atoms with Gasteiger partial charge in [-0.15, -0.1) is 11.3 Å². The molecule has 0 saturated carbocycles. The number of oxazole rings is 3. The summed E-state index contributed by atoms with van der Waals surface area (Å²) in [4.78, 5) is 161. The fraction of sp³-hybridized carbons (Fsp3) is 0.216. The number of rotatable bonds is 26. The Morgan fingerprint density at radius 1 is 0.610 bits per heavy atom. The molecule has 5 rings (SSSR count). The number of nitrogens with two attached hydrogens (primary N) is 2. The first-order valence-corrected chi connectivity index (χ1v) is 24.6. The molecule has 5 aromatic heterocycles. The number of primary amides is 2. The van der Waals surface area contributed by atoms with E-state index in [4.69, 9.17) is 24.7 Å². The molecule has 5 heterocycles. The SMILES string of the molecule is C=C(NC(=O)C(=C)NC(=O)c1ccc(-c2nc(C(=O)N[C@H](C(N)=O)[C@@H](C)O)cs2)c(-c2coc(C(=C)NC(=O)C(=C)NC(=O)c3nc(C(=C)NC(=O)[C@@H](NC(=O)C(=C)NC(=O)c4nc(C(=O)CC)oc4C)C(C)C)oc3C)n2)n1)C(N)=O. The number of hydrogen-bond donors (Lipinski definition) is 11. The van der Waals surface area contributed by atoms with Gasteiger partial charge in [-0.25, -0.2) is 24.9 Å². The van der Waals surface area contributed by atoms with Crippen LogP contribution in [0, 0.1) is 19.8 Å². The standard InChI is InChI=1S/C51H53N15O15S/c1-13-32(68)50-66-36(27(12)81-50)47(78)57-22(7)42(73)63-33(18(2)3)45(76)59-24(9)49-65-35(26(11)80-49)46(77)56-21(6)41(72)58-23(8)48-61-30(16-79-48)37-28(51-62-31(17-82-51)44(75)64-34(25(10)67)39(53)70)14-15-29(60-37)43(74)55-20(5)40(71)54-19(4)38(52)69/h14-18,25,33-34,67H,4-9,13H2,1-3,10-12H3,(H2,52,69)(H2,53,70)(H,54,71)(H,55,74)(H,56,77)(H,57,78)(H,58,72)(H,59,76)(H,63,73)(H,64,75)/t25-,33+,34+/m1/s1. The van der Waals surface area contributed by atoms with E-state index >= 15 is 0 Å². The maximum absolute atomic E-state index is 13.4. The molecule has 10 amide bonds. The predicted octanol–water partition coefficient (Wildman–Crippen LogP) is 0.571. The first kappa shape index (κ1) is 62.0. The quantitative estimate of drug-likeness (QED) is 0.0266. The number of amides is 10. The molecule has 0 aliphatic rings. The van der Waals surface area contributed by atoms with Crippen LogP contribution in [0.4, 0.5) is 0 Å². The summed E-state index contributed by atoms with van der Waals surface area (Å²) in [7, 11) is 0. The van der Waals surface area contributed by atoms with Gasteiger partial charge in [-0.3, -0.25) is 52.7 Å². The van der Waals surface area contributed by atoms with Gasteiger partial charge in [0.1, 0.15) is 57.7 Å². The van der Waals surface area contributed by atoms with Gasteiger partial charge in [-0.2, -0.15) is 0 Å². The number of aryl methyl sites for hydroxylation is 2. The number of carbonyl (C=O) groups excluding carboxylic acids is 11. The average Bonchev–Trinajstić information content (AvgIpc) is 4.46. The molecule has 31 heteroatoms. The lowest BCUT2D eigenvalue weighted by atomic mass is 10.0. The monoisotopic (exact) mass is 1150 g/mol. The van der Waals surface area contributed by atoms with Crippen molar-refractivity contribution in [3.8, 4) is 22.0 Å². The molecule has 0 aromatic carbocycles. The molecule has 13 N–H and O–H groups in total. The summed E-state index contributed by atoms with van der Waals surface area (Å²) < 4.78 is 16.4. The van der Waals surface area contributed by atoms with Crippen LogP contribution in [-0.2, 0) is 28.8 Å². The molecule has 30 nitrogen and oxygen atoms in total. The number of carbonyl (C=O) groups is 11. The third kappa shape index (κ3) is 15.0. The van der Waals surface area contributed by atoms with Crippen molar-refractivity contribution in [2.75, 3.05) is 0 Å². The third-order valence-corrected chi connectivity index (χ3v) is 11.8. The number of aromatic nitrogens is 5. The molecule has 0 unspecified atom stereocenters. The van der Waals surface area contributed by atoms with Crippen molar-refractivity contribution >= 4 is 87.6 Å². The minimum Gasteiger partial charge on any atom is -0.443 e. The Balaban J connectivity index is 1.26. The maximum Gasteiger partial charge on any atom is 0.278 e. The van der Waals surface area contributed by atoms with Crippen LogP contribution in [0.3, 0.4) is 0 Å². The van der Waals surface area contributed by atoms with Gasteiger partial charge >= 0.3 is 0 Å². The van der Waals surface area contributed by atoms with E-state index in [0.29, 0.717) is 0 Å². The number of hydrogen-bond acceptors (Lipinski definition) is 21. The first-order valence-electron chi connectivity index (χ1n) is 23.7. The van der Waals surface area contributed by atoms with E-state index in [9.17, 15) is 57.8 Å². The Hall–Kier alpha value is -10.8. The molecule has 0 radical (unpaired) electrons. The van der Waals surface area contributed by atoms with Crippen LogP contribution >= 0.6 is 11.3 Å². The van der Waals surface area contributed by atoms with Gasteiger partial charge < -0.3 is 72.4 Å². The summed E-state index contributed by atoms with van der Waals surface area (Å²) in [5.41, 5.74) is 6.55. The van der Waals surface area contributed by atoms with E-state index in [0.717, 1.165) is 17.6 Å². The Labute approximate surface area is 468 Å². The summed E-state index contributed by atoms with van der Waals surface area (Å²) in [6.07, 6.45) is -0.226. The zero-order valence-corrected chi connectivity index (χ0v) is 45.3. The van der Waals surface area contributed by atoms with Crippen molar-refractivity contribution in [2.45, 2.75) is 66.2 Å². The molecule has 0 fully saturated rings. The van der Waals surface area contributed by atoms with Gasteiger partial charge in [0.2, 0.25) is 29.4 Å². The van der Waals surface area contributed by atoms with Crippen molar-refractivity contribution in [1.29, 1.82) is 0 Å². The summed E-state index contributed by atoms with van der Waals surface area (Å²) in [6, 6.07) is -0.148. The molecule has 82 heavy (non-hydrogen) atoms. The normalized spacial score (nSPS) is 11.8. The van der Waals surface area contributed by atoms with Crippen LogP contribution in [-0.4, -0.2) is 113 Å². The Kier molecular flexibility index (Phi) is 19.8. The number of pyridine rings is 1. The van der Waals surface area contributed by atoms with Crippen LogP contribution < -0.4 is 54.0 Å².